The van der Waals surface area contributed by atoms with Crippen LogP contribution in [-0.2, 0) is 11.2 Å². The van der Waals surface area contributed by atoms with Gasteiger partial charge in [-0.15, -0.1) is 11.3 Å². The second-order valence-corrected chi connectivity index (χ2v) is 11.6. The lowest BCUT2D eigenvalue weighted by Gasteiger charge is -2.21. The Hall–Kier alpha value is -3.96. The van der Waals surface area contributed by atoms with E-state index in [0.717, 1.165) is 24.9 Å². The van der Waals surface area contributed by atoms with Crippen molar-refractivity contribution in [2.45, 2.75) is 51.7 Å². The molecular formula is C30H40N6O4S. The predicted molar refractivity (Wildman–Crippen MR) is 164 cm³/mol. The van der Waals surface area contributed by atoms with Crippen LogP contribution in [0.3, 0.4) is 0 Å². The second-order valence-electron chi connectivity index (χ2n) is 10.9. The highest BCUT2D eigenvalue weighted by Crippen LogP contribution is 2.28. The Bertz CT molecular complexity index is 1270. The number of ether oxygens (including phenoxy) is 1. The van der Waals surface area contributed by atoms with E-state index in [9.17, 15) is 14.4 Å². The van der Waals surface area contributed by atoms with Gasteiger partial charge in [0, 0.05) is 23.5 Å². The third-order valence-electron chi connectivity index (χ3n) is 5.91. The van der Waals surface area contributed by atoms with E-state index in [1.165, 1.54) is 16.9 Å². The monoisotopic (exact) mass is 580 g/mol. The van der Waals surface area contributed by atoms with Gasteiger partial charge in [-0.2, -0.15) is 0 Å². The van der Waals surface area contributed by atoms with Crippen molar-refractivity contribution >= 4 is 40.7 Å². The van der Waals surface area contributed by atoms with Crippen molar-refractivity contribution in [2.24, 2.45) is 0 Å². The number of urea groups is 1. The molecule has 0 aliphatic carbocycles. The summed E-state index contributed by atoms with van der Waals surface area (Å²) < 4.78 is 5.29. The number of carbonyl (C=O) groups excluding carboxylic acids is 3. The van der Waals surface area contributed by atoms with E-state index in [1.54, 1.807) is 49.9 Å². The highest BCUT2D eigenvalue weighted by Gasteiger charge is 2.20. The van der Waals surface area contributed by atoms with Crippen molar-refractivity contribution in [1.82, 2.24) is 20.5 Å². The number of carbonyl (C=O) groups is 3. The highest BCUT2D eigenvalue weighted by molar-refractivity contribution is 7.09. The number of hydrogen-bond donors (Lipinski definition) is 4. The molecule has 1 aromatic carbocycles. The van der Waals surface area contributed by atoms with Gasteiger partial charge in [0.15, 0.2) is 0 Å². The van der Waals surface area contributed by atoms with Crippen molar-refractivity contribution < 1.29 is 19.1 Å². The van der Waals surface area contributed by atoms with Crippen LogP contribution in [0.25, 0.3) is 0 Å². The van der Waals surface area contributed by atoms with Gasteiger partial charge in [-0.25, -0.2) is 9.59 Å². The first-order valence-electron chi connectivity index (χ1n) is 13.6. The largest absolute Gasteiger partial charge is 0.444 e. The summed E-state index contributed by atoms with van der Waals surface area (Å²) in [5.74, 6) is -0.420. The lowest BCUT2D eigenvalue weighted by atomic mass is 10.1. The second kappa shape index (κ2) is 15.2. The number of aryl methyl sites for hydroxylation is 1. The molecule has 1 atom stereocenters. The summed E-state index contributed by atoms with van der Waals surface area (Å²) in [6.45, 7) is 6.65. The van der Waals surface area contributed by atoms with E-state index in [-0.39, 0.29) is 17.8 Å². The first-order chi connectivity index (χ1) is 19.5. The smallest absolute Gasteiger partial charge is 0.412 e. The molecule has 3 aromatic rings. The van der Waals surface area contributed by atoms with Gasteiger partial charge in [-0.05, 0) is 77.9 Å². The number of amides is 4. The molecule has 41 heavy (non-hydrogen) atoms. The molecule has 0 aliphatic rings. The Balaban J connectivity index is 1.57. The van der Waals surface area contributed by atoms with Crippen molar-refractivity contribution in [1.29, 1.82) is 0 Å². The fourth-order valence-corrected chi connectivity index (χ4v) is 4.61. The number of aromatic nitrogens is 1. The van der Waals surface area contributed by atoms with Gasteiger partial charge >= 0.3 is 12.1 Å². The summed E-state index contributed by atoms with van der Waals surface area (Å²) in [7, 11) is 3.95. The molecule has 1 unspecified atom stereocenters. The maximum atomic E-state index is 12.9. The Labute approximate surface area is 245 Å². The molecule has 0 aliphatic heterocycles. The van der Waals surface area contributed by atoms with Crippen molar-refractivity contribution in [3.63, 3.8) is 0 Å². The zero-order valence-electron chi connectivity index (χ0n) is 24.3. The number of thiophene rings is 1. The lowest BCUT2D eigenvalue weighted by molar-refractivity contribution is 0.0635. The first kappa shape index (κ1) is 31.6. The summed E-state index contributed by atoms with van der Waals surface area (Å²) in [5.41, 5.74) is 2.49. The zero-order chi connectivity index (χ0) is 29.8. The molecule has 0 saturated carbocycles. The van der Waals surface area contributed by atoms with E-state index in [0.29, 0.717) is 24.3 Å². The summed E-state index contributed by atoms with van der Waals surface area (Å²) in [6.07, 6.45) is 3.41. The summed E-state index contributed by atoms with van der Waals surface area (Å²) in [4.78, 5) is 44.1. The molecule has 4 amide bonds. The average molecular weight is 581 g/mol. The van der Waals surface area contributed by atoms with Crippen LogP contribution in [0.4, 0.5) is 21.0 Å². The van der Waals surface area contributed by atoms with Crippen LogP contribution >= 0.6 is 11.3 Å². The van der Waals surface area contributed by atoms with Crippen molar-refractivity contribution in [3.05, 3.63) is 76.2 Å². The molecule has 0 spiro atoms. The third-order valence-corrected chi connectivity index (χ3v) is 6.65. The molecule has 10 nitrogen and oxygen atoms in total. The number of nitrogens with zero attached hydrogens (tertiary/aromatic N) is 2. The van der Waals surface area contributed by atoms with Gasteiger partial charge < -0.3 is 25.6 Å². The number of rotatable bonds is 12. The van der Waals surface area contributed by atoms with E-state index < -0.39 is 17.6 Å². The van der Waals surface area contributed by atoms with Gasteiger partial charge in [-0.1, -0.05) is 36.4 Å². The molecule has 4 N–H and O–H groups in total. The van der Waals surface area contributed by atoms with Gasteiger partial charge in [0.1, 0.15) is 11.3 Å². The number of hydrogen-bond acceptors (Lipinski definition) is 7. The Morgan fingerprint density at radius 2 is 1.71 bits per heavy atom. The molecule has 3 rings (SSSR count). The number of benzene rings is 1. The van der Waals surface area contributed by atoms with Crippen LogP contribution in [-0.4, -0.2) is 60.7 Å². The molecule has 0 radical (unpaired) electrons. The number of nitrogens with one attached hydrogen (secondary N) is 4. The molecule has 220 valence electrons. The van der Waals surface area contributed by atoms with Crippen molar-refractivity contribution in [3.8, 4) is 0 Å². The number of pyridine rings is 1. The van der Waals surface area contributed by atoms with E-state index in [1.807, 2.05) is 37.2 Å². The molecule has 2 heterocycles. The van der Waals surface area contributed by atoms with Gasteiger partial charge in [0.2, 0.25) is 0 Å². The third kappa shape index (κ3) is 11.2. The maximum Gasteiger partial charge on any atom is 0.412 e. The van der Waals surface area contributed by atoms with Crippen LogP contribution in [0.15, 0.2) is 59.4 Å². The minimum Gasteiger partial charge on any atom is -0.444 e. The maximum absolute atomic E-state index is 12.9. The lowest BCUT2D eigenvalue weighted by Crippen LogP contribution is -2.39. The molecule has 0 bridgehead atoms. The van der Waals surface area contributed by atoms with Crippen LogP contribution in [0.2, 0.25) is 0 Å². The minimum absolute atomic E-state index is 0.208. The van der Waals surface area contributed by atoms with Crippen LogP contribution in [0, 0.1) is 0 Å². The zero-order valence-corrected chi connectivity index (χ0v) is 25.1. The van der Waals surface area contributed by atoms with E-state index >= 15 is 0 Å². The number of anilines is 2. The average Bonchev–Trinajstić information content (AvgIpc) is 3.34. The van der Waals surface area contributed by atoms with Gasteiger partial charge in [0.25, 0.3) is 5.91 Å². The van der Waals surface area contributed by atoms with Crippen LogP contribution in [0.5, 0.6) is 0 Å². The normalized spacial score (nSPS) is 12.0. The quantitative estimate of drug-likeness (QED) is 0.205. The molecule has 2 aromatic heterocycles. The summed E-state index contributed by atoms with van der Waals surface area (Å²) in [5, 5.41) is 14.9. The van der Waals surface area contributed by atoms with Crippen molar-refractivity contribution in [2.75, 3.05) is 37.8 Å². The van der Waals surface area contributed by atoms with Gasteiger partial charge in [-0.3, -0.25) is 15.1 Å². The standard InChI is InChI=1S/C30H40N6O4S/c1-30(2,3)40-29(39)35-26-20-41-19-25(26)33-27(37)24-14-13-22(18-32-24)23(15-17-36(4)5)34-28(38)31-16-9-12-21-10-7-6-8-11-21/h6-8,10-11,13-14,18-20,23H,9,12,15-17H2,1-5H3,(H,33,37)(H,35,39)(H2,31,34,38). The minimum atomic E-state index is -0.641. The van der Waals surface area contributed by atoms with Gasteiger partial charge in [0.05, 0.1) is 17.4 Å². The van der Waals surface area contributed by atoms with Crippen LogP contribution < -0.4 is 21.3 Å². The Morgan fingerprint density at radius 1 is 1.00 bits per heavy atom. The molecule has 0 fully saturated rings. The van der Waals surface area contributed by atoms with E-state index in [2.05, 4.69) is 38.4 Å². The highest BCUT2D eigenvalue weighted by atomic mass is 32.1. The molecule has 0 saturated heterocycles. The molecule has 11 heteroatoms. The first-order valence-corrected chi connectivity index (χ1v) is 14.5. The van der Waals surface area contributed by atoms with E-state index in [4.69, 9.17) is 4.74 Å². The summed E-state index contributed by atoms with van der Waals surface area (Å²) >= 11 is 1.33. The predicted octanol–water partition coefficient (Wildman–Crippen LogP) is 5.67. The molecular weight excluding hydrogens is 540 g/mol. The van der Waals surface area contributed by atoms with Crippen LogP contribution in [0.1, 0.15) is 61.3 Å². The summed E-state index contributed by atoms with van der Waals surface area (Å²) in [6, 6.07) is 13.1. The fraction of sp³-hybridized carbons (Fsp3) is 0.400. The Morgan fingerprint density at radius 3 is 2.34 bits per heavy atom. The SMILES string of the molecule is CN(C)CCC(NC(=O)NCCCc1ccccc1)c1ccc(C(=O)Nc2cscc2NC(=O)OC(C)(C)C)nc1. The fourth-order valence-electron chi connectivity index (χ4n) is 3.89. The Kier molecular flexibility index (Phi) is 11.7. The topological polar surface area (TPSA) is 125 Å².